The number of nitrogens with zero attached hydrogens (tertiary/aromatic N) is 2. The number of furan rings is 1. The first kappa shape index (κ1) is 23.7. The predicted octanol–water partition coefficient (Wildman–Crippen LogP) is 4.61. The number of nitrogens with one attached hydrogen (secondary N) is 2. The van der Waals surface area contributed by atoms with Crippen LogP contribution in [0, 0.1) is 0 Å². The minimum Gasteiger partial charge on any atom is -0.469 e. The molecule has 160 valence electrons. The van der Waals surface area contributed by atoms with Gasteiger partial charge in [-0.2, -0.15) is 0 Å². The lowest BCUT2D eigenvalue weighted by atomic mass is 10.0. The van der Waals surface area contributed by atoms with E-state index < -0.39 is 0 Å². The van der Waals surface area contributed by atoms with Gasteiger partial charge in [0.05, 0.1) is 6.26 Å². The minimum absolute atomic E-state index is 0. The number of halogens is 1. The lowest BCUT2D eigenvalue weighted by molar-refractivity contribution is 0.158. The Morgan fingerprint density at radius 2 is 1.93 bits per heavy atom. The zero-order chi connectivity index (χ0) is 19.6. The molecule has 1 aliphatic rings. The maximum atomic E-state index is 5.41. The number of hydrogen-bond acceptors (Lipinski definition) is 3. The van der Waals surface area contributed by atoms with Gasteiger partial charge in [-0.15, -0.1) is 24.0 Å². The summed E-state index contributed by atoms with van der Waals surface area (Å²) < 4.78 is 5.41. The lowest BCUT2D eigenvalue weighted by Gasteiger charge is -2.37. The van der Waals surface area contributed by atoms with E-state index in [9.17, 15) is 0 Å². The highest BCUT2D eigenvalue weighted by molar-refractivity contribution is 14.0. The van der Waals surface area contributed by atoms with Crippen molar-refractivity contribution >= 4 is 29.9 Å². The van der Waals surface area contributed by atoms with Gasteiger partial charge in [-0.1, -0.05) is 37.3 Å². The molecule has 0 aliphatic carbocycles. The highest BCUT2D eigenvalue weighted by atomic mass is 127. The van der Waals surface area contributed by atoms with Crippen LogP contribution in [0.25, 0.3) is 0 Å². The molecule has 0 saturated carbocycles. The van der Waals surface area contributed by atoms with E-state index in [-0.39, 0.29) is 24.0 Å². The Morgan fingerprint density at radius 1 is 1.17 bits per heavy atom. The van der Waals surface area contributed by atoms with Crippen molar-refractivity contribution in [2.45, 2.75) is 51.6 Å². The van der Waals surface area contributed by atoms with Crippen LogP contribution < -0.4 is 10.6 Å². The quantitative estimate of drug-likeness (QED) is 0.310. The maximum Gasteiger partial charge on any atom is 0.191 e. The molecule has 1 aromatic heterocycles. The molecule has 1 fully saturated rings. The van der Waals surface area contributed by atoms with Crippen molar-refractivity contribution < 1.29 is 4.42 Å². The molecule has 6 heteroatoms. The molecule has 1 atom stereocenters. The highest BCUT2D eigenvalue weighted by Crippen LogP contribution is 2.23. The minimum atomic E-state index is 0. The third kappa shape index (κ3) is 7.66. The van der Waals surface area contributed by atoms with Gasteiger partial charge < -0.3 is 15.1 Å². The van der Waals surface area contributed by atoms with Crippen LogP contribution in [0.5, 0.6) is 0 Å². The topological polar surface area (TPSA) is 52.8 Å². The Labute approximate surface area is 192 Å². The van der Waals surface area contributed by atoms with E-state index in [4.69, 9.17) is 9.41 Å². The van der Waals surface area contributed by atoms with Crippen molar-refractivity contribution in [3.63, 3.8) is 0 Å². The number of rotatable bonds is 8. The number of piperidine rings is 1. The summed E-state index contributed by atoms with van der Waals surface area (Å²) in [7, 11) is 0. The molecule has 2 aromatic rings. The fraction of sp³-hybridized carbons (Fsp3) is 0.522. The summed E-state index contributed by atoms with van der Waals surface area (Å²) in [5.41, 5.74) is 1.40. The monoisotopic (exact) mass is 510 g/mol. The van der Waals surface area contributed by atoms with Crippen LogP contribution >= 0.6 is 24.0 Å². The van der Waals surface area contributed by atoms with E-state index in [0.717, 1.165) is 63.6 Å². The van der Waals surface area contributed by atoms with Crippen LogP contribution in [0.1, 0.15) is 50.5 Å². The fourth-order valence-corrected chi connectivity index (χ4v) is 3.70. The summed E-state index contributed by atoms with van der Waals surface area (Å²) in [4.78, 5) is 7.29. The summed E-state index contributed by atoms with van der Waals surface area (Å²) in [6.45, 7) is 8.37. The van der Waals surface area contributed by atoms with Crippen molar-refractivity contribution in [1.29, 1.82) is 0 Å². The number of benzene rings is 1. The fourth-order valence-electron chi connectivity index (χ4n) is 3.70. The van der Waals surface area contributed by atoms with Crippen LogP contribution in [0.2, 0.25) is 0 Å². The molecule has 1 aliphatic heterocycles. The molecule has 5 nitrogen and oxygen atoms in total. The van der Waals surface area contributed by atoms with Gasteiger partial charge in [0, 0.05) is 44.7 Å². The van der Waals surface area contributed by atoms with Crippen molar-refractivity contribution in [2.24, 2.45) is 4.99 Å². The predicted molar refractivity (Wildman–Crippen MR) is 131 cm³/mol. The second kappa shape index (κ2) is 12.9. The molecule has 29 heavy (non-hydrogen) atoms. The second-order valence-corrected chi connectivity index (χ2v) is 7.53. The first-order chi connectivity index (χ1) is 13.8. The van der Waals surface area contributed by atoms with Crippen LogP contribution in [-0.4, -0.2) is 43.1 Å². The Kier molecular flexibility index (Phi) is 10.6. The number of guanidine groups is 1. The van der Waals surface area contributed by atoms with E-state index in [1.54, 1.807) is 6.26 Å². The van der Waals surface area contributed by atoms with Crippen molar-refractivity contribution in [2.75, 3.05) is 26.2 Å². The van der Waals surface area contributed by atoms with Crippen LogP contribution in [-0.2, 0) is 6.42 Å². The Hall–Kier alpha value is -1.54. The molecule has 2 N–H and O–H groups in total. The van der Waals surface area contributed by atoms with E-state index in [1.807, 2.05) is 12.1 Å². The van der Waals surface area contributed by atoms with Gasteiger partial charge in [-0.3, -0.25) is 9.89 Å². The Balaban J connectivity index is 0.00000300. The summed E-state index contributed by atoms with van der Waals surface area (Å²) in [6, 6.07) is 15.7. The van der Waals surface area contributed by atoms with Gasteiger partial charge >= 0.3 is 0 Å². The van der Waals surface area contributed by atoms with Gasteiger partial charge in [-0.05, 0) is 43.9 Å². The lowest BCUT2D eigenvalue weighted by Crippen LogP contribution is -2.49. The average molecular weight is 510 g/mol. The third-order valence-electron chi connectivity index (χ3n) is 5.44. The zero-order valence-electron chi connectivity index (χ0n) is 17.6. The largest absolute Gasteiger partial charge is 0.469 e. The standard InChI is InChI=1S/C23H34N4O.HI/c1-3-14-24-23(25-15-11-22-10-7-18-28-22)26-21-12-16-27(17-13-21)19(2)20-8-5-4-6-9-20;/h4-10,18-19,21H,3,11-17H2,1-2H3,(H2,24,25,26);1H. The SMILES string of the molecule is CCCN=C(NCCc1ccco1)NC1CCN(C(C)c2ccccc2)CC1.I. The first-order valence-corrected chi connectivity index (χ1v) is 10.6. The van der Waals surface area contributed by atoms with Crippen LogP contribution in [0.4, 0.5) is 0 Å². The van der Waals surface area contributed by atoms with Gasteiger partial charge in [0.1, 0.15) is 5.76 Å². The maximum absolute atomic E-state index is 5.41. The van der Waals surface area contributed by atoms with Crippen LogP contribution in [0.15, 0.2) is 58.1 Å². The molecule has 0 spiro atoms. The summed E-state index contributed by atoms with van der Waals surface area (Å²) in [5, 5.41) is 7.12. The number of hydrogen-bond donors (Lipinski definition) is 2. The van der Waals surface area contributed by atoms with Gasteiger partial charge in [0.2, 0.25) is 0 Å². The van der Waals surface area contributed by atoms with Gasteiger partial charge in [0.15, 0.2) is 5.96 Å². The van der Waals surface area contributed by atoms with Crippen molar-refractivity contribution in [1.82, 2.24) is 15.5 Å². The molecule has 0 amide bonds. The third-order valence-corrected chi connectivity index (χ3v) is 5.44. The molecule has 1 saturated heterocycles. The molecule has 2 heterocycles. The smallest absolute Gasteiger partial charge is 0.191 e. The summed E-state index contributed by atoms with van der Waals surface area (Å²) >= 11 is 0. The Bertz CT molecular complexity index is 697. The second-order valence-electron chi connectivity index (χ2n) is 7.53. The molecular formula is C23H35IN4O. The van der Waals surface area contributed by atoms with E-state index >= 15 is 0 Å². The van der Waals surface area contributed by atoms with Gasteiger partial charge in [0.25, 0.3) is 0 Å². The van der Waals surface area contributed by atoms with E-state index in [1.165, 1.54) is 5.56 Å². The zero-order valence-corrected chi connectivity index (χ0v) is 20.0. The molecule has 1 aromatic carbocycles. The Morgan fingerprint density at radius 3 is 2.59 bits per heavy atom. The van der Waals surface area contributed by atoms with Crippen molar-refractivity contribution in [3.05, 3.63) is 60.1 Å². The summed E-state index contributed by atoms with van der Waals surface area (Å²) in [5.74, 6) is 1.94. The highest BCUT2D eigenvalue weighted by Gasteiger charge is 2.24. The summed E-state index contributed by atoms with van der Waals surface area (Å²) in [6.07, 6.45) is 5.93. The van der Waals surface area contributed by atoms with Gasteiger partial charge in [-0.25, -0.2) is 0 Å². The van der Waals surface area contributed by atoms with E-state index in [0.29, 0.717) is 12.1 Å². The molecule has 0 bridgehead atoms. The van der Waals surface area contributed by atoms with Crippen molar-refractivity contribution in [3.8, 4) is 0 Å². The number of likely N-dealkylation sites (tertiary alicyclic amines) is 1. The molecule has 0 radical (unpaired) electrons. The first-order valence-electron chi connectivity index (χ1n) is 10.6. The molecule has 1 unspecified atom stereocenters. The normalized spacial score (nSPS) is 16.8. The molecule has 3 rings (SSSR count). The van der Waals surface area contributed by atoms with E-state index in [2.05, 4.69) is 59.7 Å². The average Bonchev–Trinajstić information content (AvgIpc) is 3.26. The van der Waals surface area contributed by atoms with Crippen LogP contribution in [0.3, 0.4) is 0 Å². The molecular weight excluding hydrogens is 475 g/mol. The number of aliphatic imine (C=N–C) groups is 1.